The molecule has 0 amide bonds. The van der Waals surface area contributed by atoms with E-state index in [1.807, 2.05) is 42.5 Å². The molecule has 1 unspecified atom stereocenters. The number of fused-ring (bicyclic) bond motifs is 1. The molecular weight excluding hydrogens is 398 g/mol. The summed E-state index contributed by atoms with van der Waals surface area (Å²) in [5, 5.41) is 15.3. The van der Waals surface area contributed by atoms with Crippen LogP contribution in [0.15, 0.2) is 53.0 Å². The SMILES string of the molecule is COc1ccc(C2C=C(c3cccc(Br)c3)Nc3nnnn32)c(OC)c1. The number of aromatic nitrogens is 4. The minimum Gasteiger partial charge on any atom is -0.497 e. The summed E-state index contributed by atoms with van der Waals surface area (Å²) in [4.78, 5) is 0. The first-order chi connectivity index (χ1) is 12.7. The zero-order chi connectivity index (χ0) is 18.1. The molecule has 0 saturated carbocycles. The number of tetrazole rings is 1. The van der Waals surface area contributed by atoms with Crippen molar-refractivity contribution in [3.63, 3.8) is 0 Å². The van der Waals surface area contributed by atoms with Crippen LogP contribution in [0.2, 0.25) is 0 Å². The predicted octanol–water partition coefficient (Wildman–Crippen LogP) is 3.51. The molecule has 7 nitrogen and oxygen atoms in total. The van der Waals surface area contributed by atoms with E-state index in [1.165, 1.54) is 0 Å². The summed E-state index contributed by atoms with van der Waals surface area (Å²) in [6.45, 7) is 0. The Morgan fingerprint density at radius 3 is 2.77 bits per heavy atom. The van der Waals surface area contributed by atoms with Crippen LogP contribution >= 0.6 is 15.9 Å². The van der Waals surface area contributed by atoms with Crippen LogP contribution in [-0.2, 0) is 0 Å². The van der Waals surface area contributed by atoms with Gasteiger partial charge in [-0.25, -0.2) is 0 Å². The number of hydrogen-bond acceptors (Lipinski definition) is 6. The number of nitrogens with zero attached hydrogens (tertiary/aromatic N) is 4. The summed E-state index contributed by atoms with van der Waals surface area (Å²) < 4.78 is 13.6. The lowest BCUT2D eigenvalue weighted by molar-refractivity contribution is 0.387. The summed E-state index contributed by atoms with van der Waals surface area (Å²) in [5.74, 6) is 2.01. The highest BCUT2D eigenvalue weighted by molar-refractivity contribution is 9.10. The Kier molecular flexibility index (Phi) is 4.34. The van der Waals surface area contributed by atoms with Crippen molar-refractivity contribution < 1.29 is 9.47 Å². The van der Waals surface area contributed by atoms with Crippen molar-refractivity contribution >= 4 is 27.6 Å². The summed E-state index contributed by atoms with van der Waals surface area (Å²) in [6, 6.07) is 13.6. The molecule has 8 heteroatoms. The number of benzene rings is 2. The van der Waals surface area contributed by atoms with Gasteiger partial charge in [-0.3, -0.25) is 0 Å². The second-order valence-electron chi connectivity index (χ2n) is 5.72. The van der Waals surface area contributed by atoms with Crippen molar-refractivity contribution in [2.45, 2.75) is 6.04 Å². The van der Waals surface area contributed by atoms with E-state index in [4.69, 9.17) is 9.47 Å². The van der Waals surface area contributed by atoms with E-state index in [1.54, 1.807) is 18.9 Å². The van der Waals surface area contributed by atoms with Crippen molar-refractivity contribution in [3.05, 3.63) is 64.1 Å². The lowest BCUT2D eigenvalue weighted by Crippen LogP contribution is -2.20. The van der Waals surface area contributed by atoms with E-state index in [9.17, 15) is 0 Å². The predicted molar refractivity (Wildman–Crippen MR) is 101 cm³/mol. The Labute approximate surface area is 158 Å². The minimum atomic E-state index is -0.212. The molecule has 2 aromatic carbocycles. The van der Waals surface area contributed by atoms with Crippen LogP contribution in [0.4, 0.5) is 5.95 Å². The highest BCUT2D eigenvalue weighted by Gasteiger charge is 2.26. The highest BCUT2D eigenvalue weighted by atomic mass is 79.9. The molecule has 0 fully saturated rings. The van der Waals surface area contributed by atoms with E-state index in [0.29, 0.717) is 11.7 Å². The molecule has 1 aromatic heterocycles. The number of rotatable bonds is 4. The Hall–Kier alpha value is -2.87. The van der Waals surface area contributed by atoms with Crippen LogP contribution in [0.1, 0.15) is 17.2 Å². The summed E-state index contributed by atoms with van der Waals surface area (Å²) in [7, 11) is 3.27. The van der Waals surface area contributed by atoms with Gasteiger partial charge in [-0.1, -0.05) is 33.2 Å². The molecule has 0 saturated heterocycles. The van der Waals surface area contributed by atoms with E-state index < -0.39 is 0 Å². The number of nitrogens with one attached hydrogen (secondary N) is 1. The van der Waals surface area contributed by atoms with Gasteiger partial charge in [-0.05, 0) is 46.3 Å². The zero-order valence-corrected chi connectivity index (χ0v) is 15.8. The molecule has 1 atom stereocenters. The number of allylic oxidation sites excluding steroid dienone is 1. The molecule has 0 bridgehead atoms. The van der Waals surface area contributed by atoms with Crippen LogP contribution in [0.3, 0.4) is 0 Å². The van der Waals surface area contributed by atoms with Gasteiger partial charge in [0.05, 0.1) is 14.2 Å². The van der Waals surface area contributed by atoms with Gasteiger partial charge in [-0.15, -0.1) is 0 Å². The molecule has 3 aromatic rings. The van der Waals surface area contributed by atoms with Crippen molar-refractivity contribution in [1.29, 1.82) is 0 Å². The Morgan fingerprint density at radius 2 is 2.00 bits per heavy atom. The average Bonchev–Trinajstić information content (AvgIpc) is 3.15. The fourth-order valence-electron chi connectivity index (χ4n) is 2.96. The van der Waals surface area contributed by atoms with Gasteiger partial charge in [-0.2, -0.15) is 4.68 Å². The normalized spacial score (nSPS) is 15.7. The standard InChI is InChI=1S/C18H16BrN5O2/c1-25-13-6-7-14(17(9-13)26-2)16-10-15(11-4-3-5-12(19)8-11)20-18-21-22-23-24(16)18/h3-10,16H,1-2H3,(H,20,21,23). The maximum Gasteiger partial charge on any atom is 0.248 e. The number of anilines is 1. The summed E-state index contributed by atoms with van der Waals surface area (Å²) in [5.41, 5.74) is 2.90. The monoisotopic (exact) mass is 413 g/mol. The maximum atomic E-state index is 5.57. The lowest BCUT2D eigenvalue weighted by atomic mass is 10.0. The minimum absolute atomic E-state index is 0.212. The van der Waals surface area contributed by atoms with Gasteiger partial charge in [0, 0.05) is 21.8 Å². The third kappa shape index (κ3) is 2.92. The smallest absolute Gasteiger partial charge is 0.248 e. The van der Waals surface area contributed by atoms with E-state index in [0.717, 1.165) is 27.0 Å². The van der Waals surface area contributed by atoms with Crippen molar-refractivity contribution in [3.8, 4) is 11.5 Å². The third-order valence-electron chi connectivity index (χ3n) is 4.22. The van der Waals surface area contributed by atoms with Crippen LogP contribution < -0.4 is 14.8 Å². The van der Waals surface area contributed by atoms with Crippen LogP contribution in [-0.4, -0.2) is 34.4 Å². The number of halogens is 1. The summed E-state index contributed by atoms with van der Waals surface area (Å²) >= 11 is 3.52. The number of hydrogen-bond donors (Lipinski definition) is 1. The summed E-state index contributed by atoms with van der Waals surface area (Å²) in [6.07, 6.45) is 2.08. The molecule has 1 aliphatic heterocycles. The zero-order valence-electron chi connectivity index (χ0n) is 14.2. The molecule has 132 valence electrons. The quantitative estimate of drug-likeness (QED) is 0.705. The van der Waals surface area contributed by atoms with Gasteiger partial charge in [0.15, 0.2) is 0 Å². The fourth-order valence-corrected chi connectivity index (χ4v) is 3.36. The Balaban J connectivity index is 1.84. The van der Waals surface area contributed by atoms with Crippen LogP contribution in [0, 0.1) is 0 Å². The fraction of sp³-hybridized carbons (Fsp3) is 0.167. The number of methoxy groups -OCH3 is 2. The van der Waals surface area contributed by atoms with Gasteiger partial charge >= 0.3 is 0 Å². The van der Waals surface area contributed by atoms with Crippen molar-refractivity contribution in [1.82, 2.24) is 20.2 Å². The molecule has 2 heterocycles. The van der Waals surface area contributed by atoms with E-state index in [-0.39, 0.29) is 6.04 Å². The van der Waals surface area contributed by atoms with Gasteiger partial charge in [0.25, 0.3) is 0 Å². The van der Waals surface area contributed by atoms with Crippen LogP contribution in [0.5, 0.6) is 11.5 Å². The molecule has 1 N–H and O–H groups in total. The first-order valence-electron chi connectivity index (χ1n) is 7.94. The maximum absolute atomic E-state index is 5.57. The van der Waals surface area contributed by atoms with Crippen molar-refractivity contribution in [2.75, 3.05) is 19.5 Å². The Morgan fingerprint density at radius 1 is 1.12 bits per heavy atom. The van der Waals surface area contributed by atoms with E-state index in [2.05, 4.69) is 42.8 Å². The molecular formula is C18H16BrN5O2. The van der Waals surface area contributed by atoms with Gasteiger partial charge in [0.1, 0.15) is 17.5 Å². The Bertz CT molecular complexity index is 985. The molecule has 4 rings (SSSR count). The molecule has 0 radical (unpaired) electrons. The molecule has 0 aliphatic carbocycles. The highest BCUT2D eigenvalue weighted by Crippen LogP contribution is 2.37. The first-order valence-corrected chi connectivity index (χ1v) is 8.73. The van der Waals surface area contributed by atoms with Crippen molar-refractivity contribution in [2.24, 2.45) is 0 Å². The lowest BCUT2D eigenvalue weighted by Gasteiger charge is -2.25. The third-order valence-corrected chi connectivity index (χ3v) is 4.72. The van der Waals surface area contributed by atoms with Gasteiger partial charge in [0.2, 0.25) is 5.95 Å². The van der Waals surface area contributed by atoms with E-state index >= 15 is 0 Å². The molecule has 0 spiro atoms. The first kappa shape index (κ1) is 16.6. The largest absolute Gasteiger partial charge is 0.497 e. The topological polar surface area (TPSA) is 74.1 Å². The van der Waals surface area contributed by atoms with Crippen LogP contribution in [0.25, 0.3) is 5.70 Å². The second-order valence-corrected chi connectivity index (χ2v) is 6.63. The molecule has 26 heavy (non-hydrogen) atoms. The number of ether oxygens (including phenoxy) is 2. The van der Waals surface area contributed by atoms with Gasteiger partial charge < -0.3 is 14.8 Å². The molecule has 1 aliphatic rings. The average molecular weight is 414 g/mol. The second kappa shape index (κ2) is 6.80.